The molecule has 3 heteroatoms. The van der Waals surface area contributed by atoms with Crippen molar-refractivity contribution in [3.8, 4) is 0 Å². The second-order valence-electron chi connectivity index (χ2n) is 5.05. The molecule has 0 fully saturated rings. The second kappa shape index (κ2) is 5.45. The number of ketones is 1. The summed E-state index contributed by atoms with van der Waals surface area (Å²) >= 11 is 0. The summed E-state index contributed by atoms with van der Waals surface area (Å²) in [6.07, 6.45) is 1.38. The van der Waals surface area contributed by atoms with Crippen LogP contribution in [-0.2, 0) is 6.42 Å². The highest BCUT2D eigenvalue weighted by Crippen LogP contribution is 2.28. The van der Waals surface area contributed by atoms with E-state index in [-0.39, 0.29) is 11.6 Å². The van der Waals surface area contributed by atoms with Crippen LogP contribution in [0.4, 0.5) is 10.1 Å². The average molecular weight is 269 g/mol. The predicted octanol–water partition coefficient (Wildman–Crippen LogP) is 3.46. The lowest BCUT2D eigenvalue weighted by atomic mass is 10.1. The second-order valence-corrected chi connectivity index (χ2v) is 5.05. The largest absolute Gasteiger partial charge is 0.370 e. The maximum atomic E-state index is 13.3. The highest BCUT2D eigenvalue weighted by Gasteiger charge is 2.20. The van der Waals surface area contributed by atoms with Crippen LogP contribution in [0.5, 0.6) is 0 Å². The zero-order valence-corrected chi connectivity index (χ0v) is 11.2. The molecule has 1 aliphatic rings. The molecule has 2 nitrogen and oxygen atoms in total. The van der Waals surface area contributed by atoms with E-state index in [0.717, 1.165) is 24.2 Å². The minimum Gasteiger partial charge on any atom is -0.370 e. The molecule has 1 heterocycles. The Morgan fingerprint density at radius 2 is 1.95 bits per heavy atom. The van der Waals surface area contributed by atoms with Gasteiger partial charge in [0.1, 0.15) is 5.82 Å². The molecular formula is C17H16FNO. The first-order chi connectivity index (χ1) is 9.74. The Hall–Kier alpha value is -2.16. The molecule has 20 heavy (non-hydrogen) atoms. The van der Waals surface area contributed by atoms with Crippen molar-refractivity contribution in [3.63, 3.8) is 0 Å². The van der Waals surface area contributed by atoms with Crippen LogP contribution in [0.1, 0.15) is 22.3 Å². The molecule has 0 amide bonds. The summed E-state index contributed by atoms with van der Waals surface area (Å²) < 4.78 is 13.3. The lowest BCUT2D eigenvalue weighted by Gasteiger charge is -2.18. The number of fused-ring (bicyclic) bond motifs is 1. The lowest BCUT2D eigenvalue weighted by molar-refractivity contribution is 0.0984. The van der Waals surface area contributed by atoms with Gasteiger partial charge in [0.25, 0.3) is 0 Å². The maximum Gasteiger partial charge on any atom is 0.164 e. The van der Waals surface area contributed by atoms with Gasteiger partial charge < -0.3 is 4.90 Å². The standard InChI is InChI=1S/C17H16FNO/c18-15-7-6-13-8-10-19(16(13)12-15)11-9-17(20)14-4-2-1-3-5-14/h1-7,12H,8-11H2. The van der Waals surface area contributed by atoms with Crippen molar-refractivity contribution in [2.45, 2.75) is 12.8 Å². The van der Waals surface area contributed by atoms with Crippen LogP contribution in [0.3, 0.4) is 0 Å². The molecule has 102 valence electrons. The first-order valence-electron chi connectivity index (χ1n) is 6.85. The molecule has 0 N–H and O–H groups in total. The zero-order valence-electron chi connectivity index (χ0n) is 11.2. The number of carbonyl (C=O) groups is 1. The van der Waals surface area contributed by atoms with Crippen molar-refractivity contribution < 1.29 is 9.18 Å². The number of rotatable bonds is 4. The van der Waals surface area contributed by atoms with Gasteiger partial charge in [0.2, 0.25) is 0 Å². The van der Waals surface area contributed by atoms with Gasteiger partial charge in [-0.2, -0.15) is 0 Å². The first kappa shape index (κ1) is 12.9. The van der Waals surface area contributed by atoms with Crippen molar-refractivity contribution in [2.75, 3.05) is 18.0 Å². The number of Topliss-reactive ketones (excluding diaryl/α,β-unsaturated/α-hetero) is 1. The van der Waals surface area contributed by atoms with Gasteiger partial charge in [-0.25, -0.2) is 4.39 Å². The summed E-state index contributed by atoms with van der Waals surface area (Å²) in [5.74, 6) is -0.0829. The number of halogens is 1. The Bertz CT molecular complexity index is 624. The Morgan fingerprint density at radius 1 is 1.15 bits per heavy atom. The summed E-state index contributed by atoms with van der Waals surface area (Å²) in [4.78, 5) is 14.2. The molecule has 0 saturated carbocycles. The molecule has 1 aliphatic heterocycles. The topological polar surface area (TPSA) is 20.3 Å². The van der Waals surface area contributed by atoms with Gasteiger partial charge in [0.05, 0.1) is 0 Å². The Kier molecular flexibility index (Phi) is 3.50. The molecule has 2 aromatic carbocycles. The van der Waals surface area contributed by atoms with E-state index in [2.05, 4.69) is 4.90 Å². The summed E-state index contributed by atoms with van der Waals surface area (Å²) in [7, 11) is 0. The molecule has 0 unspecified atom stereocenters. The molecular weight excluding hydrogens is 253 g/mol. The van der Waals surface area contributed by atoms with E-state index in [0.29, 0.717) is 13.0 Å². The number of hydrogen-bond acceptors (Lipinski definition) is 2. The number of benzene rings is 2. The van der Waals surface area contributed by atoms with E-state index in [1.54, 1.807) is 6.07 Å². The first-order valence-corrected chi connectivity index (χ1v) is 6.85. The fraction of sp³-hybridized carbons (Fsp3) is 0.235. The molecule has 0 aromatic heterocycles. The van der Waals surface area contributed by atoms with E-state index in [1.807, 2.05) is 36.4 Å². The van der Waals surface area contributed by atoms with Crippen molar-refractivity contribution >= 4 is 11.5 Å². The molecule has 0 radical (unpaired) electrons. The summed E-state index contributed by atoms with van der Waals surface area (Å²) in [5, 5.41) is 0. The van der Waals surface area contributed by atoms with Gasteiger partial charge in [-0.3, -0.25) is 4.79 Å². The number of hydrogen-bond donors (Lipinski definition) is 0. The van der Waals surface area contributed by atoms with Gasteiger partial charge in [0, 0.05) is 30.8 Å². The van der Waals surface area contributed by atoms with Gasteiger partial charge in [0.15, 0.2) is 5.78 Å². The van der Waals surface area contributed by atoms with Crippen molar-refractivity contribution in [1.82, 2.24) is 0 Å². The van der Waals surface area contributed by atoms with E-state index >= 15 is 0 Å². The van der Waals surface area contributed by atoms with Crippen LogP contribution >= 0.6 is 0 Å². The fourth-order valence-electron chi connectivity index (χ4n) is 2.66. The average Bonchev–Trinajstić information content (AvgIpc) is 2.88. The van der Waals surface area contributed by atoms with Gasteiger partial charge in [-0.15, -0.1) is 0 Å². The third-order valence-corrected chi connectivity index (χ3v) is 3.74. The molecule has 0 bridgehead atoms. The van der Waals surface area contributed by atoms with Crippen molar-refractivity contribution in [2.24, 2.45) is 0 Å². The molecule has 0 spiro atoms. The minimum absolute atomic E-state index is 0.135. The highest BCUT2D eigenvalue weighted by molar-refractivity contribution is 5.96. The van der Waals surface area contributed by atoms with Crippen LogP contribution < -0.4 is 4.90 Å². The van der Waals surface area contributed by atoms with E-state index < -0.39 is 0 Å². The molecule has 3 rings (SSSR count). The minimum atomic E-state index is -0.218. The number of nitrogens with zero attached hydrogens (tertiary/aromatic N) is 1. The molecule has 0 aliphatic carbocycles. The number of carbonyl (C=O) groups excluding carboxylic acids is 1. The van der Waals surface area contributed by atoms with Gasteiger partial charge in [-0.05, 0) is 24.1 Å². The Morgan fingerprint density at radius 3 is 2.75 bits per heavy atom. The lowest BCUT2D eigenvalue weighted by Crippen LogP contribution is -2.23. The quantitative estimate of drug-likeness (QED) is 0.792. The van der Waals surface area contributed by atoms with Crippen LogP contribution in [0, 0.1) is 5.82 Å². The van der Waals surface area contributed by atoms with Gasteiger partial charge in [-0.1, -0.05) is 36.4 Å². The fourth-order valence-corrected chi connectivity index (χ4v) is 2.66. The molecule has 2 aromatic rings. The van der Waals surface area contributed by atoms with E-state index in [9.17, 15) is 9.18 Å². The number of anilines is 1. The van der Waals surface area contributed by atoms with Gasteiger partial charge >= 0.3 is 0 Å². The normalized spacial score (nSPS) is 13.3. The van der Waals surface area contributed by atoms with Crippen molar-refractivity contribution in [1.29, 1.82) is 0 Å². The Labute approximate surface area is 117 Å². The third kappa shape index (κ3) is 2.57. The monoisotopic (exact) mass is 269 g/mol. The predicted molar refractivity (Wildman–Crippen MR) is 77.7 cm³/mol. The highest BCUT2D eigenvalue weighted by atomic mass is 19.1. The summed E-state index contributed by atoms with van der Waals surface area (Å²) in [5.41, 5.74) is 2.84. The smallest absolute Gasteiger partial charge is 0.164 e. The van der Waals surface area contributed by atoms with E-state index in [1.165, 1.54) is 11.6 Å². The van der Waals surface area contributed by atoms with Crippen molar-refractivity contribution in [3.05, 3.63) is 65.5 Å². The molecule has 0 saturated heterocycles. The zero-order chi connectivity index (χ0) is 13.9. The van der Waals surface area contributed by atoms with Crippen LogP contribution in [0.15, 0.2) is 48.5 Å². The molecule has 0 atom stereocenters. The van der Waals surface area contributed by atoms with Crippen LogP contribution in [0.25, 0.3) is 0 Å². The van der Waals surface area contributed by atoms with E-state index in [4.69, 9.17) is 0 Å². The SMILES string of the molecule is O=C(CCN1CCc2ccc(F)cc21)c1ccccc1. The van der Waals surface area contributed by atoms with Crippen LogP contribution in [-0.4, -0.2) is 18.9 Å². The third-order valence-electron chi connectivity index (χ3n) is 3.74. The summed E-state index contributed by atoms with van der Waals surface area (Å²) in [6, 6.07) is 14.2. The van der Waals surface area contributed by atoms with Crippen LogP contribution in [0.2, 0.25) is 0 Å². The maximum absolute atomic E-state index is 13.3. The summed E-state index contributed by atoms with van der Waals surface area (Å²) in [6.45, 7) is 1.50. The Balaban J connectivity index is 1.66.